The van der Waals surface area contributed by atoms with E-state index in [-0.39, 0.29) is 25.4 Å². The van der Waals surface area contributed by atoms with Crippen LogP contribution in [0, 0.1) is 11.7 Å². The third kappa shape index (κ3) is 8.23. The second kappa shape index (κ2) is 15.5. The van der Waals surface area contributed by atoms with Gasteiger partial charge in [0.05, 0.1) is 19.2 Å². The maximum Gasteiger partial charge on any atom is 0.313 e. The van der Waals surface area contributed by atoms with Crippen LogP contribution < -0.4 is 30.2 Å². The number of carbonyl (C=O) groups is 2. The van der Waals surface area contributed by atoms with Crippen LogP contribution in [0.1, 0.15) is 25.8 Å². The zero-order valence-corrected chi connectivity index (χ0v) is 25.2. The number of amides is 2. The molecule has 1 fully saturated rings. The molecule has 9 nitrogen and oxygen atoms in total. The zero-order valence-electron chi connectivity index (χ0n) is 23.6. The van der Waals surface area contributed by atoms with Crippen LogP contribution in [-0.4, -0.2) is 50.1 Å². The van der Waals surface area contributed by atoms with Crippen molar-refractivity contribution in [3.05, 3.63) is 82.7 Å². The first-order chi connectivity index (χ1) is 20.9. The summed E-state index contributed by atoms with van der Waals surface area (Å²) >= 11 is 3.46. The van der Waals surface area contributed by atoms with Crippen LogP contribution in [-0.2, 0) is 16.0 Å². The van der Waals surface area contributed by atoms with Gasteiger partial charge in [-0.2, -0.15) is 0 Å². The van der Waals surface area contributed by atoms with Crippen molar-refractivity contribution < 1.29 is 28.2 Å². The van der Waals surface area contributed by atoms with Gasteiger partial charge in [0.15, 0.2) is 23.1 Å². The minimum Gasteiger partial charge on any atom is -0.493 e. The van der Waals surface area contributed by atoms with Crippen LogP contribution in [0.3, 0.4) is 0 Å². The number of hydrogen-bond acceptors (Lipinski definition) is 7. The number of hydrogen-bond donors (Lipinski definition) is 3. The monoisotopic (exact) mass is 666 g/mol. The number of aromatic nitrogens is 1. The Kier molecular flexibility index (Phi) is 11.5. The Balaban J connectivity index is 0.00000442. The number of carbonyl (C=O) groups excluding carboxylic acids is 2. The number of pyridine rings is 1. The fourth-order valence-corrected chi connectivity index (χ4v) is 5.29. The van der Waals surface area contributed by atoms with E-state index >= 15 is 4.39 Å². The molecule has 1 aromatic heterocycles. The summed E-state index contributed by atoms with van der Waals surface area (Å²) in [4.78, 5) is 29.1. The van der Waals surface area contributed by atoms with Gasteiger partial charge >= 0.3 is 11.8 Å². The molecule has 0 unspecified atom stereocenters. The molecule has 2 amide bonds. The summed E-state index contributed by atoms with van der Waals surface area (Å²) in [5.74, 6) is -0.548. The van der Waals surface area contributed by atoms with Crippen LogP contribution >= 0.6 is 15.9 Å². The van der Waals surface area contributed by atoms with Crippen molar-refractivity contribution in [3.63, 3.8) is 0 Å². The fraction of sp³-hybridized carbons (Fsp3) is 0.303. The predicted octanol–water partition coefficient (Wildman–Crippen LogP) is 6.25. The van der Waals surface area contributed by atoms with Crippen molar-refractivity contribution in [2.24, 2.45) is 5.92 Å². The van der Waals surface area contributed by atoms with Crippen molar-refractivity contribution in [1.29, 1.82) is 0 Å². The van der Waals surface area contributed by atoms with E-state index < -0.39 is 17.6 Å². The van der Waals surface area contributed by atoms with E-state index in [1.54, 1.807) is 31.5 Å². The topological polar surface area (TPSA) is 111 Å². The van der Waals surface area contributed by atoms with E-state index in [9.17, 15) is 9.59 Å². The number of ether oxygens (including phenoxy) is 3. The Bertz CT molecular complexity index is 1610. The lowest BCUT2D eigenvalue weighted by Gasteiger charge is -2.23. The number of piperidine rings is 1. The molecule has 1 aliphatic heterocycles. The molecular weight excluding hydrogens is 631 g/mol. The number of fused-ring (bicyclic) bond motifs is 1. The quantitative estimate of drug-likeness (QED) is 0.172. The van der Waals surface area contributed by atoms with E-state index in [2.05, 4.69) is 36.9 Å². The molecule has 0 bridgehead atoms. The molecule has 0 radical (unpaired) electrons. The second-order valence-electron chi connectivity index (χ2n) is 10.1. The molecule has 4 aromatic rings. The molecule has 1 aliphatic rings. The number of methoxy groups -OCH3 is 1. The Hall–Kier alpha value is -4.22. The van der Waals surface area contributed by atoms with Crippen molar-refractivity contribution >= 4 is 44.3 Å². The predicted molar refractivity (Wildman–Crippen MR) is 172 cm³/mol. The molecule has 0 spiro atoms. The molecule has 3 aromatic carbocycles. The number of rotatable bonds is 10. The number of nitrogens with zero attached hydrogens (tertiary/aromatic N) is 1. The average molecular weight is 668 g/mol. The van der Waals surface area contributed by atoms with Gasteiger partial charge in [0.1, 0.15) is 5.75 Å². The summed E-state index contributed by atoms with van der Waals surface area (Å²) in [6.45, 7) is 2.82. The van der Waals surface area contributed by atoms with Crippen LogP contribution in [0.2, 0.25) is 0 Å². The lowest BCUT2D eigenvalue weighted by molar-refractivity contribution is -0.136. The Morgan fingerprint density at radius 3 is 2.55 bits per heavy atom. The van der Waals surface area contributed by atoms with Gasteiger partial charge in [-0.25, -0.2) is 4.39 Å². The highest BCUT2D eigenvalue weighted by atomic mass is 79.9. The molecule has 5 rings (SSSR count). The van der Waals surface area contributed by atoms with Gasteiger partial charge < -0.3 is 30.2 Å². The summed E-state index contributed by atoms with van der Waals surface area (Å²) in [6.07, 6.45) is 4.23. The normalized spacial score (nSPS) is 13.1. The fourth-order valence-electron chi connectivity index (χ4n) is 4.81. The highest BCUT2D eigenvalue weighted by Crippen LogP contribution is 2.38. The van der Waals surface area contributed by atoms with Crippen LogP contribution in [0.25, 0.3) is 10.9 Å². The molecule has 44 heavy (non-hydrogen) atoms. The minimum atomic E-state index is -0.898. The summed E-state index contributed by atoms with van der Waals surface area (Å²) in [5.41, 5.74) is 1.73. The Morgan fingerprint density at radius 2 is 1.80 bits per heavy atom. The van der Waals surface area contributed by atoms with E-state index in [4.69, 9.17) is 14.2 Å². The summed E-state index contributed by atoms with van der Waals surface area (Å²) < 4.78 is 33.6. The van der Waals surface area contributed by atoms with Gasteiger partial charge in [0.25, 0.3) is 0 Å². The van der Waals surface area contributed by atoms with Crippen molar-refractivity contribution in [2.75, 3.05) is 38.7 Å². The maximum atomic E-state index is 15.1. The lowest BCUT2D eigenvalue weighted by atomic mass is 9.99. The van der Waals surface area contributed by atoms with Gasteiger partial charge in [-0.3, -0.25) is 14.6 Å². The molecule has 0 saturated carbocycles. The molecule has 0 aliphatic carbocycles. The van der Waals surface area contributed by atoms with Crippen molar-refractivity contribution in [2.45, 2.75) is 26.7 Å². The third-order valence-corrected chi connectivity index (χ3v) is 7.95. The van der Waals surface area contributed by atoms with Crippen molar-refractivity contribution in [1.82, 2.24) is 15.6 Å². The van der Waals surface area contributed by atoms with E-state index in [0.717, 1.165) is 42.0 Å². The molecule has 3 N–H and O–H groups in total. The number of benzene rings is 3. The molecule has 232 valence electrons. The van der Waals surface area contributed by atoms with Crippen LogP contribution in [0.5, 0.6) is 23.0 Å². The molecular formula is C33H36BrFN4O5. The zero-order chi connectivity index (χ0) is 30.2. The Labute approximate surface area is 264 Å². The standard InChI is InChI=1S/C32H32BrFN4O5.CH4/c1-41-29-17-23-26(18-30(29)42-19-20-8-12-35-13-9-20)36-15-11-27(23)43-28-7-6-22(16-25(28)34)38-32(40)31(39)37-14-10-21-4-2-3-5-24(21)33;/h2-7,11,15-18,20,35H,8-10,12-14,19H2,1H3,(H,37,39)(H,38,40);1H4. The van der Waals surface area contributed by atoms with E-state index in [1.165, 1.54) is 12.1 Å². The Morgan fingerprint density at radius 1 is 1.00 bits per heavy atom. The first kappa shape index (κ1) is 32.7. The summed E-state index contributed by atoms with van der Waals surface area (Å²) in [6, 6.07) is 16.7. The summed E-state index contributed by atoms with van der Waals surface area (Å²) in [7, 11) is 1.56. The third-order valence-electron chi connectivity index (χ3n) is 7.17. The van der Waals surface area contributed by atoms with Gasteiger partial charge in [0.2, 0.25) is 0 Å². The number of halogens is 2. The highest BCUT2D eigenvalue weighted by Gasteiger charge is 2.18. The van der Waals surface area contributed by atoms with Crippen LogP contribution in [0.15, 0.2) is 71.3 Å². The minimum absolute atomic E-state index is 0. The van der Waals surface area contributed by atoms with Gasteiger partial charge in [-0.15, -0.1) is 0 Å². The summed E-state index contributed by atoms with van der Waals surface area (Å²) in [5, 5.41) is 8.96. The van der Waals surface area contributed by atoms with E-state index in [1.807, 2.05) is 24.3 Å². The molecule has 2 heterocycles. The number of nitrogens with one attached hydrogen (secondary N) is 3. The number of anilines is 1. The smallest absolute Gasteiger partial charge is 0.313 e. The molecule has 0 atom stereocenters. The first-order valence-corrected chi connectivity index (χ1v) is 14.8. The van der Waals surface area contributed by atoms with Gasteiger partial charge in [-0.1, -0.05) is 41.6 Å². The van der Waals surface area contributed by atoms with Crippen molar-refractivity contribution in [3.8, 4) is 23.0 Å². The molecule has 11 heteroatoms. The maximum absolute atomic E-state index is 15.1. The SMILES string of the molecule is C.COc1cc2c(Oc3ccc(NC(=O)C(=O)NCCc4ccccc4Br)cc3F)ccnc2cc1OCC1CCNCC1. The molecule has 1 saturated heterocycles. The highest BCUT2D eigenvalue weighted by molar-refractivity contribution is 9.10. The van der Waals surface area contributed by atoms with Gasteiger partial charge in [0, 0.05) is 40.4 Å². The van der Waals surface area contributed by atoms with E-state index in [0.29, 0.717) is 47.1 Å². The van der Waals surface area contributed by atoms with Gasteiger partial charge in [-0.05, 0) is 74.2 Å². The largest absolute Gasteiger partial charge is 0.493 e. The second-order valence-corrected chi connectivity index (χ2v) is 11.0. The average Bonchev–Trinajstić information content (AvgIpc) is 3.02. The van der Waals surface area contributed by atoms with Crippen LogP contribution in [0.4, 0.5) is 10.1 Å². The lowest BCUT2D eigenvalue weighted by Crippen LogP contribution is -2.36. The first-order valence-electron chi connectivity index (χ1n) is 14.0.